The smallest absolute Gasteiger partial charge is 0.344 e. The number of para-hydroxylation sites is 2. The van der Waals surface area contributed by atoms with Crippen LogP contribution in [0, 0.1) is 6.92 Å². The first-order valence-corrected chi connectivity index (χ1v) is 12.2. The van der Waals surface area contributed by atoms with Gasteiger partial charge in [-0.1, -0.05) is 60.6 Å². The molecule has 35 heavy (non-hydrogen) atoms. The van der Waals surface area contributed by atoms with Gasteiger partial charge in [0.05, 0.1) is 6.54 Å². The summed E-state index contributed by atoms with van der Waals surface area (Å²) in [6, 6.07) is 22.8. The van der Waals surface area contributed by atoms with E-state index in [0.29, 0.717) is 18.8 Å². The zero-order chi connectivity index (χ0) is 24.6. The minimum atomic E-state index is -0.937. The van der Waals surface area contributed by atoms with Crippen LogP contribution < -0.4 is 4.74 Å². The molecule has 1 heterocycles. The van der Waals surface area contributed by atoms with Crippen molar-refractivity contribution in [3.05, 3.63) is 77.9 Å². The van der Waals surface area contributed by atoms with E-state index in [4.69, 9.17) is 9.57 Å². The summed E-state index contributed by atoms with van der Waals surface area (Å²) >= 11 is 0. The zero-order valence-corrected chi connectivity index (χ0v) is 20.3. The molecule has 0 radical (unpaired) electrons. The average Bonchev–Trinajstić information content (AvgIpc) is 3.18. The van der Waals surface area contributed by atoms with Gasteiger partial charge in [-0.15, -0.1) is 0 Å². The quantitative estimate of drug-likeness (QED) is 0.148. The van der Waals surface area contributed by atoms with Crippen LogP contribution in [0.1, 0.15) is 37.3 Å². The summed E-state index contributed by atoms with van der Waals surface area (Å²) in [6.45, 7) is 4.99. The lowest BCUT2D eigenvalue weighted by molar-refractivity contribution is -0.145. The van der Waals surface area contributed by atoms with Crippen molar-refractivity contribution in [1.82, 2.24) is 4.57 Å². The number of unbranched alkanes of at least 4 members (excludes halogenated alkanes) is 1. The zero-order valence-electron chi connectivity index (χ0n) is 20.3. The lowest BCUT2D eigenvalue weighted by Crippen LogP contribution is -2.26. The van der Waals surface area contributed by atoms with Crippen LogP contribution in [-0.2, 0) is 22.6 Å². The molecule has 0 amide bonds. The van der Waals surface area contributed by atoms with E-state index >= 15 is 0 Å². The molecule has 0 saturated carbocycles. The van der Waals surface area contributed by atoms with Gasteiger partial charge in [0.15, 0.2) is 6.10 Å². The van der Waals surface area contributed by atoms with E-state index in [1.807, 2.05) is 25.3 Å². The minimum absolute atomic E-state index is 0.427. The highest BCUT2D eigenvalue weighted by Crippen LogP contribution is 2.28. The van der Waals surface area contributed by atoms with E-state index in [1.165, 1.54) is 27.4 Å². The number of aryl methyl sites for hydroxylation is 2. The normalized spacial score (nSPS) is 12.4. The van der Waals surface area contributed by atoms with Gasteiger partial charge in [-0.05, 0) is 61.9 Å². The molecule has 0 aliphatic heterocycles. The molecule has 0 spiro atoms. The molecule has 4 aromatic rings. The SMILES string of the molecule is CCC(Oc1ccc(CCCC=NOCCn2c3ccccc3c3ccccc32)cc1C)C(=O)O. The fourth-order valence-corrected chi connectivity index (χ4v) is 4.39. The summed E-state index contributed by atoms with van der Waals surface area (Å²) in [6.07, 6.45) is 4.12. The van der Waals surface area contributed by atoms with E-state index in [9.17, 15) is 9.90 Å². The van der Waals surface area contributed by atoms with Gasteiger partial charge < -0.3 is 19.2 Å². The maximum Gasteiger partial charge on any atom is 0.344 e. The van der Waals surface area contributed by atoms with Gasteiger partial charge >= 0.3 is 5.97 Å². The third kappa shape index (κ3) is 5.83. The van der Waals surface area contributed by atoms with Crippen molar-refractivity contribution in [3.8, 4) is 5.75 Å². The molecule has 6 nitrogen and oxygen atoms in total. The van der Waals surface area contributed by atoms with E-state index < -0.39 is 12.1 Å². The largest absolute Gasteiger partial charge is 0.479 e. The van der Waals surface area contributed by atoms with Crippen LogP contribution >= 0.6 is 0 Å². The number of benzene rings is 3. The maximum absolute atomic E-state index is 11.2. The number of carboxylic acid groups (broad SMARTS) is 1. The van der Waals surface area contributed by atoms with Gasteiger partial charge in [0.2, 0.25) is 0 Å². The van der Waals surface area contributed by atoms with Crippen molar-refractivity contribution in [3.63, 3.8) is 0 Å². The van der Waals surface area contributed by atoms with Crippen LogP contribution in [-0.4, -0.2) is 34.6 Å². The predicted molar refractivity (Wildman–Crippen MR) is 140 cm³/mol. The van der Waals surface area contributed by atoms with Crippen LogP contribution in [0.25, 0.3) is 21.8 Å². The second kappa shape index (κ2) is 11.6. The topological polar surface area (TPSA) is 73.0 Å². The molecule has 1 aromatic heterocycles. The lowest BCUT2D eigenvalue weighted by Gasteiger charge is -2.15. The number of hydrogen-bond donors (Lipinski definition) is 1. The molecule has 0 saturated heterocycles. The molecule has 3 aromatic carbocycles. The second-order valence-electron chi connectivity index (χ2n) is 8.65. The van der Waals surface area contributed by atoms with Gasteiger partial charge in [0, 0.05) is 28.0 Å². The van der Waals surface area contributed by atoms with Gasteiger partial charge in [-0.25, -0.2) is 4.79 Å². The summed E-state index contributed by atoms with van der Waals surface area (Å²) in [4.78, 5) is 16.7. The maximum atomic E-state index is 11.2. The van der Waals surface area contributed by atoms with Crippen molar-refractivity contribution in [2.24, 2.45) is 5.16 Å². The Balaban J connectivity index is 1.22. The molecular formula is C29H32N2O4. The number of rotatable bonds is 12. The summed E-state index contributed by atoms with van der Waals surface area (Å²) in [5.41, 5.74) is 4.56. The van der Waals surface area contributed by atoms with Crippen molar-refractivity contribution in [2.45, 2.75) is 52.2 Å². The molecule has 0 fully saturated rings. The molecule has 1 atom stereocenters. The van der Waals surface area contributed by atoms with E-state index in [2.05, 4.69) is 64.3 Å². The fourth-order valence-electron chi connectivity index (χ4n) is 4.39. The highest BCUT2D eigenvalue weighted by Gasteiger charge is 2.17. The Labute approximate surface area is 205 Å². The lowest BCUT2D eigenvalue weighted by atomic mass is 10.1. The number of ether oxygens (including phenoxy) is 1. The molecule has 0 bridgehead atoms. The van der Waals surface area contributed by atoms with Crippen LogP contribution in [0.4, 0.5) is 0 Å². The molecular weight excluding hydrogens is 440 g/mol. The predicted octanol–water partition coefficient (Wildman–Crippen LogP) is 6.37. The van der Waals surface area contributed by atoms with Gasteiger partial charge in [0.25, 0.3) is 0 Å². The second-order valence-corrected chi connectivity index (χ2v) is 8.65. The summed E-state index contributed by atoms with van der Waals surface area (Å²) in [5.74, 6) is -0.311. The first-order valence-electron chi connectivity index (χ1n) is 12.2. The monoisotopic (exact) mass is 472 g/mol. The number of nitrogens with zero attached hydrogens (tertiary/aromatic N) is 2. The number of carboxylic acids is 1. The van der Waals surface area contributed by atoms with Crippen LogP contribution in [0.3, 0.4) is 0 Å². The number of aliphatic carboxylic acids is 1. The number of aromatic nitrogens is 1. The van der Waals surface area contributed by atoms with Crippen molar-refractivity contribution >= 4 is 34.0 Å². The third-order valence-corrected chi connectivity index (χ3v) is 6.19. The molecule has 1 unspecified atom stereocenters. The van der Waals surface area contributed by atoms with E-state index in [1.54, 1.807) is 6.92 Å². The number of carbonyl (C=O) groups is 1. The number of fused-ring (bicyclic) bond motifs is 3. The Morgan fingerprint density at radius 2 is 1.74 bits per heavy atom. The number of oxime groups is 1. The Morgan fingerprint density at radius 1 is 1.06 bits per heavy atom. The van der Waals surface area contributed by atoms with Crippen molar-refractivity contribution in [1.29, 1.82) is 0 Å². The molecule has 182 valence electrons. The molecule has 1 N–H and O–H groups in total. The Morgan fingerprint density at radius 3 is 2.37 bits per heavy atom. The van der Waals surface area contributed by atoms with Crippen molar-refractivity contribution in [2.75, 3.05) is 6.61 Å². The van der Waals surface area contributed by atoms with Gasteiger partial charge in [-0.2, -0.15) is 0 Å². The van der Waals surface area contributed by atoms with E-state index in [-0.39, 0.29) is 0 Å². The minimum Gasteiger partial charge on any atom is -0.479 e. The fraction of sp³-hybridized carbons (Fsp3) is 0.310. The third-order valence-electron chi connectivity index (χ3n) is 6.19. The van der Waals surface area contributed by atoms with Gasteiger partial charge in [-0.3, -0.25) is 0 Å². The Hall–Kier alpha value is -3.80. The highest BCUT2D eigenvalue weighted by atomic mass is 16.6. The molecule has 6 heteroatoms. The molecule has 0 aliphatic rings. The van der Waals surface area contributed by atoms with Crippen LogP contribution in [0.15, 0.2) is 71.9 Å². The number of hydrogen-bond acceptors (Lipinski definition) is 4. The average molecular weight is 473 g/mol. The highest BCUT2D eigenvalue weighted by molar-refractivity contribution is 6.07. The Bertz CT molecular complexity index is 1270. The summed E-state index contributed by atoms with van der Waals surface area (Å²) in [5, 5.41) is 15.8. The summed E-state index contributed by atoms with van der Waals surface area (Å²) < 4.78 is 7.91. The first-order chi connectivity index (χ1) is 17.1. The molecule has 0 aliphatic carbocycles. The van der Waals surface area contributed by atoms with E-state index in [0.717, 1.165) is 31.4 Å². The van der Waals surface area contributed by atoms with Crippen LogP contribution in [0.5, 0.6) is 5.75 Å². The first kappa shape index (κ1) is 24.3. The molecule has 4 rings (SSSR count). The van der Waals surface area contributed by atoms with Crippen molar-refractivity contribution < 1.29 is 19.5 Å². The standard InChI is InChI=1S/C29H32N2O4/c1-3-27(29(32)33)35-28-16-15-22(20-21(28)2)10-8-9-17-30-34-19-18-31-25-13-6-4-11-23(25)24-12-5-7-14-26(24)31/h4-7,11-17,20,27H,3,8-10,18-19H2,1-2H3,(H,32,33). The van der Waals surface area contributed by atoms with Gasteiger partial charge in [0.1, 0.15) is 12.4 Å². The summed E-state index contributed by atoms with van der Waals surface area (Å²) in [7, 11) is 0. The van der Waals surface area contributed by atoms with Crippen LogP contribution in [0.2, 0.25) is 0 Å². The Kier molecular flexibility index (Phi) is 8.03.